The minimum atomic E-state index is -0.642. The lowest BCUT2D eigenvalue weighted by atomic mass is 10.1. The summed E-state index contributed by atoms with van der Waals surface area (Å²) in [6.07, 6.45) is 1.53. The molecule has 1 N–H and O–H groups in total. The van der Waals surface area contributed by atoms with Crippen LogP contribution in [0.1, 0.15) is 16.7 Å². The van der Waals surface area contributed by atoms with Crippen molar-refractivity contribution in [1.82, 2.24) is 4.90 Å². The van der Waals surface area contributed by atoms with Crippen molar-refractivity contribution in [2.24, 2.45) is 0 Å². The van der Waals surface area contributed by atoms with Gasteiger partial charge in [0, 0.05) is 11.3 Å². The van der Waals surface area contributed by atoms with Gasteiger partial charge in [0.2, 0.25) is 5.91 Å². The van der Waals surface area contributed by atoms with Gasteiger partial charge in [-0.3, -0.25) is 19.3 Å². The Hall–Kier alpha value is -3.60. The standard InChI is InChI=1S/C27H18ClFIN3O5S/c1-37-22-9-15(8-21(30)25(22)38-14-17-5-3-2-4-16(17)12-31)10-23-26(35)33(27(36)39-23)13-24(34)32-18-6-7-20(29)19(28)11-18/h2-11H,13-14H2,1H3,(H,32,34)/b23-10+. The summed E-state index contributed by atoms with van der Waals surface area (Å²) in [7, 11) is 1.48. The van der Waals surface area contributed by atoms with E-state index in [1.54, 1.807) is 30.3 Å². The predicted molar refractivity (Wildman–Crippen MR) is 154 cm³/mol. The number of carbonyl (C=O) groups is 3. The number of imide groups is 1. The van der Waals surface area contributed by atoms with Gasteiger partial charge in [-0.15, -0.1) is 0 Å². The summed E-state index contributed by atoms with van der Waals surface area (Å²) in [5.74, 6) is -1.04. The number of amides is 3. The largest absolute Gasteiger partial charge is 0.493 e. The maximum atomic E-state index is 13.3. The van der Waals surface area contributed by atoms with Gasteiger partial charge in [-0.2, -0.15) is 5.26 Å². The fraction of sp³-hybridized carbons (Fsp3) is 0.111. The number of nitrogens with one attached hydrogen (secondary N) is 1. The van der Waals surface area contributed by atoms with E-state index in [1.165, 1.54) is 25.3 Å². The molecule has 1 aliphatic heterocycles. The van der Waals surface area contributed by atoms with Gasteiger partial charge >= 0.3 is 0 Å². The second-order valence-electron chi connectivity index (χ2n) is 8.04. The van der Waals surface area contributed by atoms with Crippen LogP contribution in [-0.2, 0) is 16.2 Å². The first-order valence-corrected chi connectivity index (χ1v) is 13.5. The van der Waals surface area contributed by atoms with Crippen molar-refractivity contribution < 1.29 is 28.2 Å². The third-order valence-electron chi connectivity index (χ3n) is 5.44. The lowest BCUT2D eigenvalue weighted by Gasteiger charge is -2.14. The summed E-state index contributed by atoms with van der Waals surface area (Å²) in [6, 6.07) is 16.3. The summed E-state index contributed by atoms with van der Waals surface area (Å²) in [6.45, 7) is -0.366. The third kappa shape index (κ3) is 6.70. The van der Waals surface area contributed by atoms with Crippen molar-refractivity contribution >= 4 is 74.8 Å². The molecule has 0 atom stereocenters. The van der Waals surface area contributed by atoms with Gasteiger partial charge in [0.25, 0.3) is 11.1 Å². The summed E-state index contributed by atoms with van der Waals surface area (Å²) < 4.78 is 25.5. The highest BCUT2D eigenvalue weighted by molar-refractivity contribution is 14.1. The Labute approximate surface area is 245 Å². The minimum Gasteiger partial charge on any atom is -0.493 e. The zero-order valence-corrected chi connectivity index (χ0v) is 23.9. The Bertz CT molecular complexity index is 1560. The van der Waals surface area contributed by atoms with E-state index in [0.29, 0.717) is 38.0 Å². The Morgan fingerprint density at radius 2 is 2.00 bits per heavy atom. The zero-order chi connectivity index (χ0) is 28.1. The molecular weight excluding hydrogens is 660 g/mol. The predicted octanol–water partition coefficient (Wildman–Crippen LogP) is 6.22. The molecule has 1 heterocycles. The summed E-state index contributed by atoms with van der Waals surface area (Å²) in [5.41, 5.74) is 2.04. The van der Waals surface area contributed by atoms with Crippen molar-refractivity contribution in [3.63, 3.8) is 0 Å². The lowest BCUT2D eigenvalue weighted by Crippen LogP contribution is -2.36. The molecule has 0 saturated carbocycles. The molecule has 3 aromatic carbocycles. The van der Waals surface area contributed by atoms with Gasteiger partial charge in [-0.05, 0) is 82.4 Å². The Morgan fingerprint density at radius 3 is 2.72 bits per heavy atom. The molecule has 39 heavy (non-hydrogen) atoms. The van der Waals surface area contributed by atoms with Crippen molar-refractivity contribution in [3.05, 3.63) is 90.6 Å². The zero-order valence-electron chi connectivity index (χ0n) is 20.2. The number of nitrogens with zero attached hydrogens (tertiary/aromatic N) is 2. The van der Waals surface area contributed by atoms with Gasteiger partial charge < -0.3 is 14.8 Å². The van der Waals surface area contributed by atoms with E-state index in [0.717, 1.165) is 16.5 Å². The van der Waals surface area contributed by atoms with Crippen LogP contribution >= 0.6 is 46.0 Å². The third-order valence-corrected chi connectivity index (χ3v) is 7.44. The number of thioether (sulfide) groups is 1. The van der Waals surface area contributed by atoms with E-state index >= 15 is 0 Å². The van der Waals surface area contributed by atoms with Crippen molar-refractivity contribution in [2.75, 3.05) is 19.0 Å². The van der Waals surface area contributed by atoms with Crippen molar-refractivity contribution in [3.8, 4) is 17.6 Å². The molecule has 3 aromatic rings. The Morgan fingerprint density at radius 1 is 1.23 bits per heavy atom. The molecule has 0 radical (unpaired) electrons. The van der Waals surface area contributed by atoms with Crippen LogP contribution in [0.25, 0.3) is 6.08 Å². The Balaban J connectivity index is 1.48. The van der Waals surface area contributed by atoms with Crippen LogP contribution < -0.4 is 14.8 Å². The lowest BCUT2D eigenvalue weighted by molar-refractivity contribution is -0.127. The van der Waals surface area contributed by atoms with E-state index in [2.05, 4.69) is 34.0 Å². The fourth-order valence-electron chi connectivity index (χ4n) is 3.57. The molecule has 0 unspecified atom stereocenters. The van der Waals surface area contributed by atoms with Gasteiger partial charge in [0.1, 0.15) is 19.0 Å². The molecule has 4 rings (SSSR count). The van der Waals surface area contributed by atoms with E-state index < -0.39 is 29.4 Å². The first kappa shape index (κ1) is 28.4. The monoisotopic (exact) mass is 677 g/mol. The molecule has 8 nitrogen and oxygen atoms in total. The van der Waals surface area contributed by atoms with E-state index in [9.17, 15) is 24.0 Å². The van der Waals surface area contributed by atoms with Crippen LogP contribution in [0.5, 0.6) is 11.5 Å². The molecule has 1 fully saturated rings. The van der Waals surface area contributed by atoms with Gasteiger partial charge in [0.15, 0.2) is 11.5 Å². The van der Waals surface area contributed by atoms with Crippen LogP contribution in [0.2, 0.25) is 5.02 Å². The number of carbonyl (C=O) groups excluding carboxylic acids is 3. The normalized spacial score (nSPS) is 13.9. The number of hydrogen-bond acceptors (Lipinski definition) is 7. The van der Waals surface area contributed by atoms with Crippen LogP contribution in [0.3, 0.4) is 0 Å². The Kier molecular flexibility index (Phi) is 9.11. The molecule has 0 aromatic heterocycles. The summed E-state index contributed by atoms with van der Waals surface area (Å²) >= 11 is 8.51. The van der Waals surface area contributed by atoms with Gasteiger partial charge in [-0.1, -0.05) is 29.8 Å². The van der Waals surface area contributed by atoms with Gasteiger partial charge in [-0.25, -0.2) is 4.39 Å². The highest BCUT2D eigenvalue weighted by Crippen LogP contribution is 2.37. The molecule has 0 aliphatic carbocycles. The van der Waals surface area contributed by atoms with Gasteiger partial charge in [0.05, 0.1) is 32.2 Å². The van der Waals surface area contributed by atoms with Crippen LogP contribution in [0, 0.1) is 20.7 Å². The first-order chi connectivity index (χ1) is 18.7. The highest BCUT2D eigenvalue weighted by Gasteiger charge is 2.36. The number of nitriles is 1. The van der Waals surface area contributed by atoms with E-state index in [1.807, 2.05) is 6.07 Å². The second kappa shape index (κ2) is 12.5. The highest BCUT2D eigenvalue weighted by atomic mass is 127. The second-order valence-corrected chi connectivity index (χ2v) is 10.6. The van der Waals surface area contributed by atoms with Crippen LogP contribution in [0.15, 0.2) is 59.5 Å². The summed E-state index contributed by atoms with van der Waals surface area (Å²) in [4.78, 5) is 38.8. The molecule has 198 valence electrons. The number of methoxy groups -OCH3 is 1. The molecule has 0 spiro atoms. The quantitative estimate of drug-likeness (QED) is 0.223. The van der Waals surface area contributed by atoms with E-state index in [-0.39, 0.29) is 22.2 Å². The minimum absolute atomic E-state index is 0.132. The molecule has 3 amide bonds. The fourth-order valence-corrected chi connectivity index (χ4v) is 5.37. The van der Waals surface area contributed by atoms with Crippen molar-refractivity contribution in [2.45, 2.75) is 6.61 Å². The molecule has 12 heteroatoms. The average Bonchev–Trinajstić information content (AvgIpc) is 3.17. The molecule has 1 aliphatic rings. The van der Waals surface area contributed by atoms with E-state index in [4.69, 9.17) is 21.1 Å². The number of benzene rings is 3. The molecular formula is C27H18ClFIN3O5S. The average molecular weight is 678 g/mol. The SMILES string of the molecule is COc1cc(/C=C2/SC(=O)N(CC(=O)Nc3ccc(F)c(Cl)c3)C2=O)cc(I)c1OCc1ccccc1C#N. The van der Waals surface area contributed by atoms with Crippen LogP contribution in [-0.4, -0.2) is 35.6 Å². The number of anilines is 1. The van der Waals surface area contributed by atoms with Crippen LogP contribution in [0.4, 0.5) is 14.9 Å². The first-order valence-electron chi connectivity index (χ1n) is 11.2. The number of rotatable bonds is 8. The maximum absolute atomic E-state index is 13.3. The maximum Gasteiger partial charge on any atom is 0.294 e. The topological polar surface area (TPSA) is 109 Å². The molecule has 1 saturated heterocycles. The number of ether oxygens (including phenoxy) is 2. The smallest absolute Gasteiger partial charge is 0.294 e. The number of halogens is 3. The summed E-state index contributed by atoms with van der Waals surface area (Å²) in [5, 5.41) is 11.0. The molecule has 0 bridgehead atoms. The number of hydrogen-bond donors (Lipinski definition) is 1. The van der Waals surface area contributed by atoms with Crippen molar-refractivity contribution in [1.29, 1.82) is 5.26 Å².